The number of aromatic carboxylic acids is 1. The van der Waals surface area contributed by atoms with E-state index >= 15 is 0 Å². The summed E-state index contributed by atoms with van der Waals surface area (Å²) in [6.45, 7) is 2.73. The van der Waals surface area contributed by atoms with Gasteiger partial charge in [0.25, 0.3) is 6.43 Å². The lowest BCUT2D eigenvalue weighted by molar-refractivity contribution is 0.0194. The lowest BCUT2D eigenvalue weighted by Gasteiger charge is -2.07. The SMILES string of the molecule is Cc1sc(NC(=O)NCCOCC(F)F)c(C(=O)O)c1C. The number of carbonyl (C=O) groups excluding carboxylic acids is 1. The van der Waals surface area contributed by atoms with Crippen LogP contribution < -0.4 is 10.6 Å². The molecule has 0 unspecified atom stereocenters. The number of carbonyl (C=O) groups is 2. The molecule has 0 saturated heterocycles. The van der Waals surface area contributed by atoms with Gasteiger partial charge < -0.3 is 15.2 Å². The number of hydrogen-bond acceptors (Lipinski definition) is 4. The molecule has 1 aromatic rings. The van der Waals surface area contributed by atoms with E-state index in [-0.39, 0.29) is 23.7 Å². The zero-order valence-electron chi connectivity index (χ0n) is 11.5. The fourth-order valence-electron chi connectivity index (χ4n) is 1.53. The molecule has 2 amide bonds. The third kappa shape index (κ3) is 5.27. The molecule has 0 aliphatic carbocycles. The maximum Gasteiger partial charge on any atom is 0.338 e. The highest BCUT2D eigenvalue weighted by atomic mass is 32.1. The first-order chi connectivity index (χ1) is 9.82. The van der Waals surface area contributed by atoms with Crippen LogP contribution in [0.5, 0.6) is 0 Å². The van der Waals surface area contributed by atoms with Crippen molar-refractivity contribution in [3.63, 3.8) is 0 Å². The van der Waals surface area contributed by atoms with Crippen molar-refractivity contribution in [2.75, 3.05) is 25.1 Å². The summed E-state index contributed by atoms with van der Waals surface area (Å²) in [7, 11) is 0. The van der Waals surface area contributed by atoms with Crippen molar-refractivity contribution in [2.24, 2.45) is 0 Å². The maximum absolute atomic E-state index is 11.8. The average molecular weight is 322 g/mol. The molecule has 1 aromatic heterocycles. The van der Waals surface area contributed by atoms with Crippen LogP contribution in [0, 0.1) is 13.8 Å². The average Bonchev–Trinajstić information content (AvgIpc) is 2.63. The highest BCUT2D eigenvalue weighted by Crippen LogP contribution is 2.32. The van der Waals surface area contributed by atoms with Crippen LogP contribution in [0.1, 0.15) is 20.8 Å². The Morgan fingerprint density at radius 1 is 1.38 bits per heavy atom. The van der Waals surface area contributed by atoms with Gasteiger partial charge in [0.05, 0.1) is 12.2 Å². The van der Waals surface area contributed by atoms with E-state index in [1.165, 1.54) is 0 Å². The van der Waals surface area contributed by atoms with Gasteiger partial charge in [-0.1, -0.05) is 0 Å². The predicted octanol–water partition coefficient (Wildman–Crippen LogP) is 2.47. The third-order valence-electron chi connectivity index (χ3n) is 2.60. The van der Waals surface area contributed by atoms with Gasteiger partial charge in [-0.05, 0) is 19.4 Å². The molecule has 0 atom stereocenters. The zero-order chi connectivity index (χ0) is 16.0. The van der Waals surface area contributed by atoms with Crippen molar-refractivity contribution in [3.05, 3.63) is 16.0 Å². The van der Waals surface area contributed by atoms with Gasteiger partial charge in [-0.25, -0.2) is 18.4 Å². The van der Waals surface area contributed by atoms with Crippen LogP contribution in [0.15, 0.2) is 0 Å². The van der Waals surface area contributed by atoms with Crippen LogP contribution in [-0.4, -0.2) is 43.3 Å². The van der Waals surface area contributed by atoms with Crippen molar-refractivity contribution in [1.29, 1.82) is 0 Å². The molecule has 1 rings (SSSR count). The van der Waals surface area contributed by atoms with Gasteiger partial charge in [-0.2, -0.15) is 0 Å². The molecule has 0 bridgehead atoms. The number of amides is 2. The first-order valence-electron chi connectivity index (χ1n) is 6.07. The molecular formula is C12H16F2N2O4S. The smallest absolute Gasteiger partial charge is 0.338 e. The highest BCUT2D eigenvalue weighted by Gasteiger charge is 2.20. The van der Waals surface area contributed by atoms with Crippen LogP contribution >= 0.6 is 11.3 Å². The number of nitrogens with one attached hydrogen (secondary N) is 2. The van der Waals surface area contributed by atoms with E-state index in [0.29, 0.717) is 5.56 Å². The van der Waals surface area contributed by atoms with Crippen molar-refractivity contribution in [3.8, 4) is 0 Å². The molecule has 3 N–H and O–H groups in total. The standard InChI is InChI=1S/C12H16F2N2O4S/c1-6-7(2)21-10(9(6)11(17)18)16-12(19)15-3-4-20-5-8(13)14/h8H,3-5H2,1-2H3,(H,17,18)(H2,15,16,19). The molecule has 9 heteroatoms. The minimum absolute atomic E-state index is 0.0459. The topological polar surface area (TPSA) is 87.7 Å². The Hall–Kier alpha value is -1.74. The molecule has 0 radical (unpaired) electrons. The fraction of sp³-hybridized carbons (Fsp3) is 0.500. The van der Waals surface area contributed by atoms with E-state index in [2.05, 4.69) is 15.4 Å². The van der Waals surface area contributed by atoms with E-state index < -0.39 is 25.0 Å². The normalized spacial score (nSPS) is 10.7. The van der Waals surface area contributed by atoms with Gasteiger partial charge in [0, 0.05) is 11.4 Å². The summed E-state index contributed by atoms with van der Waals surface area (Å²) >= 11 is 1.16. The summed E-state index contributed by atoms with van der Waals surface area (Å²) < 4.78 is 28.2. The lowest BCUT2D eigenvalue weighted by atomic mass is 10.1. The maximum atomic E-state index is 11.8. The van der Waals surface area contributed by atoms with Gasteiger partial charge in [-0.15, -0.1) is 11.3 Å². The number of carboxylic acid groups (broad SMARTS) is 1. The molecule has 0 aliphatic rings. The van der Waals surface area contributed by atoms with Gasteiger partial charge in [0.1, 0.15) is 11.6 Å². The Balaban J connectivity index is 2.48. The molecule has 21 heavy (non-hydrogen) atoms. The predicted molar refractivity (Wildman–Crippen MR) is 74.6 cm³/mol. The molecule has 0 fully saturated rings. The molecule has 0 saturated carbocycles. The second-order valence-corrected chi connectivity index (χ2v) is 5.36. The summed E-state index contributed by atoms with van der Waals surface area (Å²) in [5.41, 5.74) is 0.657. The van der Waals surface area contributed by atoms with Crippen molar-refractivity contribution >= 4 is 28.3 Å². The number of anilines is 1. The van der Waals surface area contributed by atoms with Crippen molar-refractivity contribution in [1.82, 2.24) is 5.32 Å². The lowest BCUT2D eigenvalue weighted by Crippen LogP contribution is -2.32. The third-order valence-corrected chi connectivity index (χ3v) is 3.72. The number of aryl methyl sites for hydroxylation is 1. The number of rotatable bonds is 7. The largest absolute Gasteiger partial charge is 0.478 e. The van der Waals surface area contributed by atoms with Crippen LogP contribution in [0.25, 0.3) is 0 Å². The molecule has 0 spiro atoms. The molecule has 1 heterocycles. The summed E-state index contributed by atoms with van der Waals surface area (Å²) in [5.74, 6) is -1.12. The second-order valence-electron chi connectivity index (χ2n) is 4.14. The van der Waals surface area contributed by atoms with Crippen molar-refractivity contribution < 1.29 is 28.2 Å². The van der Waals surface area contributed by atoms with E-state index in [1.807, 2.05) is 0 Å². The molecular weight excluding hydrogens is 306 g/mol. The summed E-state index contributed by atoms with van der Waals surface area (Å²) in [6.07, 6.45) is -2.55. The molecule has 0 aliphatic heterocycles. The first-order valence-corrected chi connectivity index (χ1v) is 6.88. The van der Waals surface area contributed by atoms with Crippen molar-refractivity contribution in [2.45, 2.75) is 20.3 Å². The number of urea groups is 1. The quantitative estimate of drug-likeness (QED) is 0.673. The Morgan fingerprint density at radius 3 is 2.62 bits per heavy atom. The van der Waals surface area contributed by atoms with Gasteiger partial charge in [-0.3, -0.25) is 5.32 Å². The molecule has 0 aromatic carbocycles. The zero-order valence-corrected chi connectivity index (χ0v) is 12.4. The van der Waals surface area contributed by atoms with Crippen LogP contribution in [-0.2, 0) is 4.74 Å². The fourth-order valence-corrected chi connectivity index (χ4v) is 2.58. The number of carboxylic acids is 1. The Labute approximate surface area is 124 Å². The summed E-state index contributed by atoms with van der Waals surface area (Å²) in [4.78, 5) is 23.5. The van der Waals surface area contributed by atoms with Crippen LogP contribution in [0.4, 0.5) is 18.6 Å². The number of thiophene rings is 1. The van der Waals surface area contributed by atoms with Crippen LogP contribution in [0.3, 0.4) is 0 Å². The summed E-state index contributed by atoms with van der Waals surface area (Å²) in [5, 5.41) is 14.2. The van der Waals surface area contributed by atoms with E-state index in [1.54, 1.807) is 13.8 Å². The van der Waals surface area contributed by atoms with Gasteiger partial charge >= 0.3 is 12.0 Å². The second kappa shape index (κ2) is 7.89. The molecule has 6 nitrogen and oxygen atoms in total. The Bertz CT molecular complexity index is 520. The minimum Gasteiger partial charge on any atom is -0.478 e. The number of alkyl halides is 2. The Morgan fingerprint density at radius 2 is 2.05 bits per heavy atom. The van der Waals surface area contributed by atoms with Gasteiger partial charge in [0.2, 0.25) is 0 Å². The minimum atomic E-state index is -2.55. The number of halogens is 2. The van der Waals surface area contributed by atoms with E-state index in [0.717, 1.165) is 16.2 Å². The summed E-state index contributed by atoms with van der Waals surface area (Å²) in [6, 6.07) is -0.612. The van der Waals surface area contributed by atoms with Gasteiger partial charge in [0.15, 0.2) is 0 Å². The van der Waals surface area contributed by atoms with E-state index in [9.17, 15) is 18.4 Å². The highest BCUT2D eigenvalue weighted by molar-refractivity contribution is 7.16. The van der Waals surface area contributed by atoms with Crippen LogP contribution in [0.2, 0.25) is 0 Å². The Kier molecular flexibility index (Phi) is 6.50. The van der Waals surface area contributed by atoms with E-state index in [4.69, 9.17) is 5.11 Å². The molecule has 118 valence electrons. The monoisotopic (exact) mass is 322 g/mol. The first kappa shape index (κ1) is 17.3. The number of ether oxygens (including phenoxy) is 1. The number of hydrogen-bond donors (Lipinski definition) is 3.